The Balaban J connectivity index is 1.71. The second-order valence-corrected chi connectivity index (χ2v) is 7.80. The van der Waals surface area contributed by atoms with Gasteiger partial charge in [0, 0.05) is 25.7 Å². The molecule has 4 nitrogen and oxygen atoms in total. The molecular weight excluding hydrogens is 324 g/mol. The predicted octanol–water partition coefficient (Wildman–Crippen LogP) is 4.11. The van der Waals surface area contributed by atoms with Gasteiger partial charge in [0.2, 0.25) is 0 Å². The molecule has 1 aliphatic heterocycles. The minimum absolute atomic E-state index is 0.222. The molecule has 1 fully saturated rings. The van der Waals surface area contributed by atoms with Gasteiger partial charge < -0.3 is 15.0 Å². The average Bonchev–Trinajstić information content (AvgIpc) is 2.62. The van der Waals surface area contributed by atoms with E-state index in [0.717, 1.165) is 13.0 Å². The molecule has 1 atom stereocenters. The summed E-state index contributed by atoms with van der Waals surface area (Å²) < 4.78 is 5.53. The Bertz CT molecular complexity index is 737. The minimum Gasteiger partial charge on any atom is -0.444 e. The molecule has 1 aliphatic rings. The Hall–Kier alpha value is -2.33. The third-order valence-electron chi connectivity index (χ3n) is 4.48. The van der Waals surface area contributed by atoms with Crippen LogP contribution in [0.4, 0.5) is 4.79 Å². The molecular formula is C22H28N2O2. The van der Waals surface area contributed by atoms with Gasteiger partial charge in [-0.05, 0) is 43.9 Å². The molecule has 2 aromatic carbocycles. The summed E-state index contributed by atoms with van der Waals surface area (Å²) in [5, 5.41) is 3.54. The third kappa shape index (κ3) is 4.85. The molecule has 0 aromatic heterocycles. The van der Waals surface area contributed by atoms with Crippen molar-refractivity contribution in [1.82, 2.24) is 10.2 Å². The largest absolute Gasteiger partial charge is 0.444 e. The predicted molar refractivity (Wildman–Crippen MR) is 105 cm³/mol. The second kappa shape index (κ2) is 7.92. The van der Waals surface area contributed by atoms with E-state index in [1.165, 1.54) is 16.7 Å². The van der Waals surface area contributed by atoms with Crippen LogP contribution in [-0.4, -0.2) is 42.3 Å². The van der Waals surface area contributed by atoms with Crippen LogP contribution in [0.25, 0.3) is 11.1 Å². The minimum atomic E-state index is -0.461. The summed E-state index contributed by atoms with van der Waals surface area (Å²) in [6.07, 6.45) is 0.657. The van der Waals surface area contributed by atoms with E-state index in [1.807, 2.05) is 31.7 Å². The van der Waals surface area contributed by atoms with Crippen molar-refractivity contribution in [3.05, 3.63) is 60.2 Å². The normalized spacial score (nSPS) is 17.8. The first-order chi connectivity index (χ1) is 12.4. The number of carbonyl (C=O) groups is 1. The molecule has 1 heterocycles. The fraction of sp³-hybridized carbons (Fsp3) is 0.409. The number of nitrogens with zero attached hydrogens (tertiary/aromatic N) is 1. The fourth-order valence-corrected chi connectivity index (χ4v) is 3.32. The summed E-state index contributed by atoms with van der Waals surface area (Å²) in [6, 6.07) is 19.2. The lowest BCUT2D eigenvalue weighted by atomic mass is 9.94. The van der Waals surface area contributed by atoms with Gasteiger partial charge in [0.05, 0.1) is 0 Å². The molecule has 1 amide bonds. The zero-order chi connectivity index (χ0) is 18.6. The molecule has 0 bridgehead atoms. The van der Waals surface area contributed by atoms with Gasteiger partial charge in [0.1, 0.15) is 5.60 Å². The van der Waals surface area contributed by atoms with Crippen LogP contribution < -0.4 is 5.32 Å². The molecule has 0 saturated carbocycles. The van der Waals surface area contributed by atoms with Crippen molar-refractivity contribution in [3.8, 4) is 11.1 Å². The summed E-state index contributed by atoms with van der Waals surface area (Å²) in [7, 11) is 0. The van der Waals surface area contributed by atoms with Crippen molar-refractivity contribution < 1.29 is 9.53 Å². The van der Waals surface area contributed by atoms with Crippen LogP contribution in [0.5, 0.6) is 0 Å². The van der Waals surface area contributed by atoms with Crippen molar-refractivity contribution in [2.45, 2.75) is 38.8 Å². The quantitative estimate of drug-likeness (QED) is 0.904. The number of nitrogens with one attached hydrogen (secondary N) is 1. The van der Waals surface area contributed by atoms with E-state index in [4.69, 9.17) is 4.74 Å². The lowest BCUT2D eigenvalue weighted by Crippen LogP contribution is -2.54. The first-order valence-electron chi connectivity index (χ1n) is 9.27. The van der Waals surface area contributed by atoms with Gasteiger partial charge in [-0.25, -0.2) is 4.79 Å². The molecule has 1 N–H and O–H groups in total. The summed E-state index contributed by atoms with van der Waals surface area (Å²) in [6.45, 7) is 7.85. The van der Waals surface area contributed by atoms with E-state index in [0.29, 0.717) is 13.1 Å². The number of hydrogen-bond acceptors (Lipinski definition) is 3. The highest BCUT2D eigenvalue weighted by atomic mass is 16.6. The van der Waals surface area contributed by atoms with Gasteiger partial charge in [-0.3, -0.25) is 0 Å². The van der Waals surface area contributed by atoms with Crippen molar-refractivity contribution in [2.24, 2.45) is 0 Å². The lowest BCUT2D eigenvalue weighted by Gasteiger charge is -2.35. The van der Waals surface area contributed by atoms with Crippen LogP contribution in [0, 0.1) is 0 Å². The van der Waals surface area contributed by atoms with Crippen LogP contribution in [-0.2, 0) is 11.2 Å². The zero-order valence-corrected chi connectivity index (χ0v) is 15.9. The van der Waals surface area contributed by atoms with Gasteiger partial charge in [-0.2, -0.15) is 0 Å². The number of amides is 1. The van der Waals surface area contributed by atoms with Crippen LogP contribution in [0.1, 0.15) is 26.3 Å². The van der Waals surface area contributed by atoms with Crippen LogP contribution in [0.3, 0.4) is 0 Å². The Labute approximate surface area is 156 Å². The molecule has 4 heteroatoms. The zero-order valence-electron chi connectivity index (χ0n) is 15.9. The first-order valence-corrected chi connectivity index (χ1v) is 9.27. The molecule has 3 rings (SSSR count). The number of piperazine rings is 1. The Morgan fingerprint density at radius 2 is 1.81 bits per heavy atom. The number of benzene rings is 2. The Kier molecular flexibility index (Phi) is 5.62. The Morgan fingerprint density at radius 3 is 2.54 bits per heavy atom. The number of rotatable bonds is 3. The average molecular weight is 352 g/mol. The van der Waals surface area contributed by atoms with Gasteiger partial charge in [-0.1, -0.05) is 54.6 Å². The van der Waals surface area contributed by atoms with E-state index in [2.05, 4.69) is 53.8 Å². The summed E-state index contributed by atoms with van der Waals surface area (Å²) in [5.74, 6) is 0. The lowest BCUT2D eigenvalue weighted by molar-refractivity contribution is 0.0195. The molecule has 0 spiro atoms. The summed E-state index contributed by atoms with van der Waals surface area (Å²) in [4.78, 5) is 14.2. The van der Waals surface area contributed by atoms with E-state index < -0.39 is 5.60 Å². The van der Waals surface area contributed by atoms with Crippen LogP contribution in [0.2, 0.25) is 0 Å². The molecule has 1 saturated heterocycles. The van der Waals surface area contributed by atoms with Crippen molar-refractivity contribution in [2.75, 3.05) is 19.6 Å². The molecule has 0 aliphatic carbocycles. The van der Waals surface area contributed by atoms with Crippen molar-refractivity contribution in [1.29, 1.82) is 0 Å². The number of carbonyl (C=O) groups excluding carboxylic acids is 1. The number of hydrogen-bond donors (Lipinski definition) is 1. The summed E-state index contributed by atoms with van der Waals surface area (Å²) >= 11 is 0. The highest BCUT2D eigenvalue weighted by molar-refractivity contribution is 5.69. The van der Waals surface area contributed by atoms with Gasteiger partial charge in [0.25, 0.3) is 0 Å². The topological polar surface area (TPSA) is 41.6 Å². The highest BCUT2D eigenvalue weighted by Gasteiger charge is 2.27. The van der Waals surface area contributed by atoms with Crippen LogP contribution >= 0.6 is 0 Å². The SMILES string of the molecule is CC(C)(C)OC(=O)N1CCN[C@@H](Cc2ccccc2-c2ccccc2)C1. The van der Waals surface area contributed by atoms with Gasteiger partial charge in [-0.15, -0.1) is 0 Å². The molecule has 138 valence electrons. The van der Waals surface area contributed by atoms with E-state index in [1.54, 1.807) is 0 Å². The monoisotopic (exact) mass is 352 g/mol. The van der Waals surface area contributed by atoms with E-state index in [9.17, 15) is 4.79 Å². The van der Waals surface area contributed by atoms with Gasteiger partial charge in [0.15, 0.2) is 0 Å². The smallest absolute Gasteiger partial charge is 0.410 e. The molecule has 2 aromatic rings. The third-order valence-corrected chi connectivity index (χ3v) is 4.48. The van der Waals surface area contributed by atoms with Crippen molar-refractivity contribution in [3.63, 3.8) is 0 Å². The van der Waals surface area contributed by atoms with Crippen LogP contribution in [0.15, 0.2) is 54.6 Å². The summed E-state index contributed by atoms with van der Waals surface area (Å²) in [5.41, 5.74) is 3.31. The maximum atomic E-state index is 12.4. The Morgan fingerprint density at radius 1 is 1.12 bits per heavy atom. The maximum Gasteiger partial charge on any atom is 0.410 e. The molecule has 0 radical (unpaired) electrons. The molecule has 0 unspecified atom stereocenters. The fourth-order valence-electron chi connectivity index (χ4n) is 3.32. The first kappa shape index (κ1) is 18.5. The standard InChI is InChI=1S/C22H28N2O2/c1-22(2,3)26-21(25)24-14-13-23-19(16-24)15-18-11-7-8-12-20(18)17-9-5-4-6-10-17/h4-12,19,23H,13-16H2,1-3H3/t19-/m0/s1. The molecule has 26 heavy (non-hydrogen) atoms. The maximum absolute atomic E-state index is 12.4. The van der Waals surface area contributed by atoms with Gasteiger partial charge >= 0.3 is 6.09 Å². The van der Waals surface area contributed by atoms with E-state index in [-0.39, 0.29) is 12.1 Å². The second-order valence-electron chi connectivity index (χ2n) is 7.80. The van der Waals surface area contributed by atoms with E-state index >= 15 is 0 Å². The number of ether oxygens (including phenoxy) is 1. The van der Waals surface area contributed by atoms with Crippen molar-refractivity contribution >= 4 is 6.09 Å². The highest BCUT2D eigenvalue weighted by Crippen LogP contribution is 2.25.